The number of rotatable bonds is 4. The van der Waals surface area contributed by atoms with Crippen molar-refractivity contribution in [2.45, 2.75) is 37.8 Å². The highest BCUT2D eigenvalue weighted by Crippen LogP contribution is 2.32. The van der Waals surface area contributed by atoms with Gasteiger partial charge in [0.15, 0.2) is 5.82 Å². The zero-order chi connectivity index (χ0) is 14.7. The van der Waals surface area contributed by atoms with E-state index in [2.05, 4.69) is 5.32 Å². The van der Waals surface area contributed by atoms with Crippen LogP contribution >= 0.6 is 0 Å². The van der Waals surface area contributed by atoms with Crippen molar-refractivity contribution in [1.82, 2.24) is 0 Å². The van der Waals surface area contributed by atoms with Crippen LogP contribution in [-0.4, -0.2) is 24.2 Å². The first-order valence-corrected chi connectivity index (χ1v) is 6.44. The van der Waals surface area contributed by atoms with Gasteiger partial charge in [0.25, 0.3) is 5.69 Å². The maximum atomic E-state index is 13.7. The van der Waals surface area contributed by atoms with Crippen molar-refractivity contribution in [1.29, 1.82) is 0 Å². The quantitative estimate of drug-likeness (QED) is 0.681. The summed E-state index contributed by atoms with van der Waals surface area (Å²) in [7, 11) is 1.64. The molecule has 0 atom stereocenters. The standard InChI is InChI=1S/C13H16F2N2O3/c1-20-10-4-2-9(3-5-10)16-13-11(15)6-8(14)7-12(13)17(18)19/h6-7,9-10,16H,2-5H2,1H3. The van der Waals surface area contributed by atoms with Crippen LogP contribution in [0.5, 0.6) is 0 Å². The number of nitro groups is 1. The minimum atomic E-state index is -0.956. The molecule has 110 valence electrons. The van der Waals surface area contributed by atoms with Crippen molar-refractivity contribution >= 4 is 11.4 Å². The predicted molar refractivity (Wildman–Crippen MR) is 69.7 cm³/mol. The van der Waals surface area contributed by atoms with Gasteiger partial charge in [0.2, 0.25) is 0 Å². The van der Waals surface area contributed by atoms with Crippen LogP contribution in [0.2, 0.25) is 0 Å². The molecule has 2 rings (SSSR count). The Morgan fingerprint density at radius 3 is 2.50 bits per heavy atom. The van der Waals surface area contributed by atoms with Gasteiger partial charge in [-0.25, -0.2) is 8.78 Å². The zero-order valence-electron chi connectivity index (χ0n) is 11.1. The van der Waals surface area contributed by atoms with Gasteiger partial charge in [-0.3, -0.25) is 10.1 Å². The maximum absolute atomic E-state index is 13.7. The topological polar surface area (TPSA) is 64.4 Å². The Hall–Kier alpha value is -1.76. The van der Waals surface area contributed by atoms with Gasteiger partial charge in [0.1, 0.15) is 11.5 Å². The number of anilines is 1. The highest BCUT2D eigenvalue weighted by Gasteiger charge is 2.26. The highest BCUT2D eigenvalue weighted by molar-refractivity contribution is 5.63. The highest BCUT2D eigenvalue weighted by atomic mass is 19.1. The van der Waals surface area contributed by atoms with Gasteiger partial charge in [-0.15, -0.1) is 0 Å². The molecule has 0 spiro atoms. The average molecular weight is 286 g/mol. The monoisotopic (exact) mass is 286 g/mol. The molecule has 0 heterocycles. The van der Waals surface area contributed by atoms with E-state index in [1.807, 2.05) is 0 Å². The second-order valence-electron chi connectivity index (χ2n) is 4.89. The molecule has 1 aromatic rings. The summed E-state index contributed by atoms with van der Waals surface area (Å²) in [6, 6.07) is 1.31. The fourth-order valence-electron chi connectivity index (χ4n) is 2.49. The fraction of sp³-hybridized carbons (Fsp3) is 0.538. The number of nitrogens with one attached hydrogen (secondary N) is 1. The second-order valence-corrected chi connectivity index (χ2v) is 4.89. The summed E-state index contributed by atoms with van der Waals surface area (Å²) in [6.07, 6.45) is 3.26. The molecule has 7 heteroatoms. The molecule has 1 aliphatic carbocycles. The molecule has 20 heavy (non-hydrogen) atoms. The minimum Gasteiger partial charge on any atom is -0.381 e. The molecule has 0 aromatic heterocycles. The summed E-state index contributed by atoms with van der Waals surface area (Å²) in [4.78, 5) is 10.1. The number of benzene rings is 1. The van der Waals surface area contributed by atoms with Crippen molar-refractivity contribution in [3.05, 3.63) is 33.9 Å². The van der Waals surface area contributed by atoms with E-state index in [4.69, 9.17) is 4.74 Å². The Bertz CT molecular complexity index is 503. The second kappa shape index (κ2) is 6.13. The lowest BCUT2D eigenvalue weighted by molar-refractivity contribution is -0.384. The van der Waals surface area contributed by atoms with E-state index < -0.39 is 22.2 Å². The van der Waals surface area contributed by atoms with Crippen LogP contribution < -0.4 is 5.32 Å². The van der Waals surface area contributed by atoms with Gasteiger partial charge in [-0.1, -0.05) is 0 Å². The van der Waals surface area contributed by atoms with E-state index in [1.54, 1.807) is 7.11 Å². The Morgan fingerprint density at radius 2 is 1.95 bits per heavy atom. The van der Waals surface area contributed by atoms with Crippen LogP contribution in [0.25, 0.3) is 0 Å². The molecule has 0 amide bonds. The Kier molecular flexibility index (Phi) is 4.49. The van der Waals surface area contributed by atoms with E-state index in [1.165, 1.54) is 0 Å². The van der Waals surface area contributed by atoms with Crippen molar-refractivity contribution in [2.24, 2.45) is 0 Å². The first-order valence-electron chi connectivity index (χ1n) is 6.44. The molecule has 1 aliphatic rings. The summed E-state index contributed by atoms with van der Waals surface area (Å²) in [5.74, 6) is -1.89. The van der Waals surface area contributed by atoms with Gasteiger partial charge in [-0.2, -0.15) is 0 Å². The van der Waals surface area contributed by atoms with Crippen LogP contribution in [0.4, 0.5) is 20.2 Å². The fourth-order valence-corrected chi connectivity index (χ4v) is 2.49. The first kappa shape index (κ1) is 14.6. The lowest BCUT2D eigenvalue weighted by atomic mass is 9.92. The molecule has 0 saturated heterocycles. The Balaban J connectivity index is 2.15. The third-order valence-corrected chi connectivity index (χ3v) is 3.59. The van der Waals surface area contributed by atoms with Crippen LogP contribution in [0.15, 0.2) is 12.1 Å². The van der Waals surface area contributed by atoms with Crippen LogP contribution in [-0.2, 0) is 4.74 Å². The van der Waals surface area contributed by atoms with Gasteiger partial charge in [0.05, 0.1) is 17.1 Å². The average Bonchev–Trinajstić information content (AvgIpc) is 2.42. The number of nitrogens with zero attached hydrogens (tertiary/aromatic N) is 1. The van der Waals surface area contributed by atoms with E-state index >= 15 is 0 Å². The molecule has 0 unspecified atom stereocenters. The van der Waals surface area contributed by atoms with E-state index in [0.717, 1.165) is 31.7 Å². The Labute approximate surface area is 115 Å². The number of ether oxygens (including phenoxy) is 1. The molecular weight excluding hydrogens is 270 g/mol. The molecule has 1 saturated carbocycles. The molecule has 0 bridgehead atoms. The lowest BCUT2D eigenvalue weighted by Crippen LogP contribution is -2.29. The van der Waals surface area contributed by atoms with Gasteiger partial charge in [0, 0.05) is 19.2 Å². The number of nitro benzene ring substituents is 1. The van der Waals surface area contributed by atoms with Crippen molar-refractivity contribution < 1.29 is 18.4 Å². The van der Waals surface area contributed by atoms with Crippen molar-refractivity contribution in [2.75, 3.05) is 12.4 Å². The summed E-state index contributed by atoms with van der Waals surface area (Å²) >= 11 is 0. The number of hydrogen-bond donors (Lipinski definition) is 1. The SMILES string of the molecule is COC1CCC(Nc2c(F)cc(F)cc2[N+](=O)[O-])CC1. The van der Waals surface area contributed by atoms with E-state index in [9.17, 15) is 18.9 Å². The third kappa shape index (κ3) is 3.22. The zero-order valence-corrected chi connectivity index (χ0v) is 11.1. The number of hydrogen-bond acceptors (Lipinski definition) is 4. The van der Waals surface area contributed by atoms with E-state index in [-0.39, 0.29) is 17.8 Å². The van der Waals surface area contributed by atoms with Crippen LogP contribution in [0.1, 0.15) is 25.7 Å². The van der Waals surface area contributed by atoms with Crippen LogP contribution in [0.3, 0.4) is 0 Å². The molecule has 1 N–H and O–H groups in total. The summed E-state index contributed by atoms with van der Waals surface area (Å²) in [6.45, 7) is 0. The van der Waals surface area contributed by atoms with Gasteiger partial charge < -0.3 is 10.1 Å². The van der Waals surface area contributed by atoms with Crippen LogP contribution in [0, 0.1) is 21.7 Å². The number of halogens is 2. The molecule has 0 aliphatic heterocycles. The largest absolute Gasteiger partial charge is 0.381 e. The smallest absolute Gasteiger partial charge is 0.298 e. The molecule has 1 aromatic carbocycles. The number of methoxy groups -OCH3 is 1. The summed E-state index contributed by atoms with van der Waals surface area (Å²) < 4.78 is 32.0. The van der Waals surface area contributed by atoms with Crippen molar-refractivity contribution in [3.8, 4) is 0 Å². The molecular formula is C13H16F2N2O3. The lowest BCUT2D eigenvalue weighted by Gasteiger charge is -2.28. The first-order chi connectivity index (χ1) is 9.51. The maximum Gasteiger partial charge on any atom is 0.298 e. The normalized spacial score (nSPS) is 22.6. The van der Waals surface area contributed by atoms with Gasteiger partial charge in [-0.05, 0) is 25.7 Å². The minimum absolute atomic E-state index is 0.0694. The molecule has 5 nitrogen and oxygen atoms in total. The van der Waals surface area contributed by atoms with Crippen molar-refractivity contribution in [3.63, 3.8) is 0 Å². The third-order valence-electron chi connectivity index (χ3n) is 3.59. The predicted octanol–water partition coefficient (Wildman–Crippen LogP) is 3.24. The summed E-state index contributed by atoms with van der Waals surface area (Å²) in [5.41, 5.74) is -0.811. The van der Waals surface area contributed by atoms with E-state index in [0.29, 0.717) is 6.07 Å². The van der Waals surface area contributed by atoms with Gasteiger partial charge >= 0.3 is 0 Å². The molecule has 0 radical (unpaired) electrons. The molecule has 1 fully saturated rings. The summed E-state index contributed by atoms with van der Waals surface area (Å²) in [5, 5.41) is 13.7. The Morgan fingerprint density at radius 1 is 1.30 bits per heavy atom.